The molecule has 9 nitrogen and oxygen atoms in total. The molecule has 0 aromatic carbocycles. The summed E-state index contributed by atoms with van der Waals surface area (Å²) in [5.41, 5.74) is 2.57. The minimum atomic E-state index is -0.947. The number of aliphatic carboxylic acids is 1. The molecule has 2 saturated carbocycles. The molecule has 2 aliphatic rings. The first-order valence-electron chi connectivity index (χ1n) is 10.9. The highest BCUT2D eigenvalue weighted by Gasteiger charge is 2.57. The highest BCUT2D eigenvalue weighted by Crippen LogP contribution is 2.57. The first-order valence-corrected chi connectivity index (χ1v) is 10.9. The SMILES string of the molecule is CCn1cc(NC(=O)[C@@H]2[C@H](C(=O)O)[C@H]3CC[C@H]2C3=C(C)C)c(C(=O)NCc2ccco2)n1. The van der Waals surface area contributed by atoms with E-state index in [-0.39, 0.29) is 35.7 Å². The Hall–Kier alpha value is -3.36. The number of carboxylic acids is 1. The molecule has 2 aromatic heterocycles. The fourth-order valence-corrected chi connectivity index (χ4v) is 5.33. The molecule has 0 aliphatic heterocycles. The Morgan fingerprint density at radius 1 is 1.22 bits per heavy atom. The highest BCUT2D eigenvalue weighted by atomic mass is 16.4. The first-order chi connectivity index (χ1) is 15.3. The van der Waals surface area contributed by atoms with Crippen LogP contribution >= 0.6 is 0 Å². The molecule has 2 heterocycles. The first kappa shape index (κ1) is 21.9. The van der Waals surface area contributed by atoms with Gasteiger partial charge in [-0.2, -0.15) is 5.10 Å². The van der Waals surface area contributed by atoms with Gasteiger partial charge in [-0.3, -0.25) is 19.1 Å². The van der Waals surface area contributed by atoms with E-state index < -0.39 is 23.7 Å². The van der Waals surface area contributed by atoms with Crippen molar-refractivity contribution in [2.45, 2.75) is 46.7 Å². The Kier molecular flexibility index (Phi) is 5.90. The van der Waals surface area contributed by atoms with Crippen molar-refractivity contribution in [2.75, 3.05) is 5.32 Å². The van der Waals surface area contributed by atoms with Gasteiger partial charge in [0.05, 0.1) is 30.3 Å². The maximum absolute atomic E-state index is 13.3. The number of nitrogens with one attached hydrogen (secondary N) is 2. The van der Waals surface area contributed by atoms with Crippen molar-refractivity contribution in [3.8, 4) is 0 Å². The number of aromatic nitrogens is 2. The number of hydrogen-bond donors (Lipinski definition) is 3. The van der Waals surface area contributed by atoms with Gasteiger partial charge in [-0.25, -0.2) is 0 Å². The quantitative estimate of drug-likeness (QED) is 0.568. The van der Waals surface area contributed by atoms with Gasteiger partial charge in [-0.1, -0.05) is 11.1 Å². The van der Waals surface area contributed by atoms with Crippen molar-refractivity contribution in [3.63, 3.8) is 0 Å². The minimum Gasteiger partial charge on any atom is -0.481 e. The normalized spacial score (nSPS) is 23.9. The number of fused-ring (bicyclic) bond motifs is 2. The molecule has 4 rings (SSSR count). The highest BCUT2D eigenvalue weighted by molar-refractivity contribution is 6.03. The van der Waals surface area contributed by atoms with Gasteiger partial charge in [0.15, 0.2) is 5.69 Å². The smallest absolute Gasteiger partial charge is 0.307 e. The molecule has 170 valence electrons. The number of amides is 2. The van der Waals surface area contributed by atoms with Gasteiger partial charge in [0, 0.05) is 12.7 Å². The minimum absolute atomic E-state index is 0.0800. The number of carbonyl (C=O) groups excluding carboxylic acids is 2. The van der Waals surface area contributed by atoms with Crippen LogP contribution in [0.15, 0.2) is 40.2 Å². The number of carbonyl (C=O) groups is 3. The van der Waals surface area contributed by atoms with E-state index in [2.05, 4.69) is 15.7 Å². The third-order valence-corrected chi connectivity index (χ3v) is 6.57. The fourth-order valence-electron chi connectivity index (χ4n) is 5.33. The topological polar surface area (TPSA) is 126 Å². The van der Waals surface area contributed by atoms with Gasteiger partial charge in [-0.05, 0) is 57.6 Å². The van der Waals surface area contributed by atoms with Gasteiger partial charge in [0.25, 0.3) is 5.91 Å². The van der Waals surface area contributed by atoms with Gasteiger partial charge in [-0.15, -0.1) is 0 Å². The summed E-state index contributed by atoms with van der Waals surface area (Å²) in [7, 11) is 0. The van der Waals surface area contributed by atoms with Crippen molar-refractivity contribution >= 4 is 23.5 Å². The molecule has 32 heavy (non-hydrogen) atoms. The fraction of sp³-hybridized carbons (Fsp3) is 0.478. The lowest BCUT2D eigenvalue weighted by atomic mass is 9.78. The Morgan fingerprint density at radius 3 is 2.53 bits per heavy atom. The van der Waals surface area contributed by atoms with Crippen LogP contribution in [0, 0.1) is 23.7 Å². The summed E-state index contributed by atoms with van der Waals surface area (Å²) >= 11 is 0. The molecule has 3 N–H and O–H groups in total. The summed E-state index contributed by atoms with van der Waals surface area (Å²) in [5.74, 6) is -2.78. The second kappa shape index (κ2) is 8.64. The number of hydrogen-bond acceptors (Lipinski definition) is 5. The number of rotatable bonds is 7. The van der Waals surface area contributed by atoms with Crippen LogP contribution in [0.25, 0.3) is 0 Å². The van der Waals surface area contributed by atoms with Crippen molar-refractivity contribution in [1.82, 2.24) is 15.1 Å². The molecule has 2 bridgehead atoms. The summed E-state index contributed by atoms with van der Waals surface area (Å²) in [4.78, 5) is 38.1. The number of aryl methyl sites for hydroxylation is 1. The van der Waals surface area contributed by atoms with Crippen LogP contribution in [0.3, 0.4) is 0 Å². The Bertz CT molecular complexity index is 1060. The number of allylic oxidation sites excluding steroid dienone is 2. The number of anilines is 1. The van der Waals surface area contributed by atoms with Gasteiger partial charge in [0.1, 0.15) is 5.76 Å². The molecular weight excluding hydrogens is 412 g/mol. The van der Waals surface area contributed by atoms with Crippen LogP contribution in [0.1, 0.15) is 49.9 Å². The molecule has 0 unspecified atom stereocenters. The van der Waals surface area contributed by atoms with Crippen molar-refractivity contribution in [2.24, 2.45) is 23.7 Å². The van der Waals surface area contributed by atoms with Crippen LogP contribution < -0.4 is 10.6 Å². The molecule has 2 fully saturated rings. The van der Waals surface area contributed by atoms with Gasteiger partial charge >= 0.3 is 5.97 Å². The predicted molar refractivity (Wildman–Crippen MR) is 116 cm³/mol. The number of nitrogens with zero attached hydrogens (tertiary/aromatic N) is 2. The zero-order valence-electron chi connectivity index (χ0n) is 18.4. The third kappa shape index (κ3) is 3.83. The second-order valence-electron chi connectivity index (χ2n) is 8.63. The number of furan rings is 1. The van der Waals surface area contributed by atoms with Gasteiger partial charge < -0.3 is 20.2 Å². The zero-order valence-corrected chi connectivity index (χ0v) is 18.4. The molecular formula is C23H28N4O5. The van der Waals surface area contributed by atoms with Gasteiger partial charge in [0.2, 0.25) is 5.91 Å². The largest absolute Gasteiger partial charge is 0.481 e. The lowest BCUT2D eigenvalue weighted by Gasteiger charge is -2.26. The molecule has 4 atom stereocenters. The van der Waals surface area contributed by atoms with E-state index in [0.717, 1.165) is 24.0 Å². The van der Waals surface area contributed by atoms with E-state index >= 15 is 0 Å². The second-order valence-corrected chi connectivity index (χ2v) is 8.63. The lowest BCUT2D eigenvalue weighted by Crippen LogP contribution is -2.38. The predicted octanol–water partition coefficient (Wildman–Crippen LogP) is 3.06. The summed E-state index contributed by atoms with van der Waals surface area (Å²) in [5, 5.41) is 19.7. The molecule has 2 aromatic rings. The van der Waals surface area contributed by atoms with E-state index in [9.17, 15) is 19.5 Å². The van der Waals surface area contributed by atoms with Crippen molar-refractivity contribution < 1.29 is 23.9 Å². The summed E-state index contributed by atoms with van der Waals surface area (Å²) < 4.78 is 6.79. The van der Waals surface area contributed by atoms with Crippen LogP contribution in [0.5, 0.6) is 0 Å². The molecule has 2 amide bonds. The maximum Gasteiger partial charge on any atom is 0.307 e. The van der Waals surface area contributed by atoms with E-state index in [0.29, 0.717) is 12.3 Å². The Balaban J connectivity index is 1.56. The molecule has 0 spiro atoms. The maximum atomic E-state index is 13.3. The summed E-state index contributed by atoms with van der Waals surface area (Å²) in [6.45, 7) is 6.54. The van der Waals surface area contributed by atoms with Crippen molar-refractivity contribution in [1.29, 1.82) is 0 Å². The summed E-state index contributed by atoms with van der Waals surface area (Å²) in [6.07, 6.45) is 4.72. The van der Waals surface area contributed by atoms with Crippen molar-refractivity contribution in [3.05, 3.63) is 47.2 Å². The Labute approximate surface area is 185 Å². The van der Waals surface area contributed by atoms with E-state index in [1.165, 1.54) is 6.26 Å². The molecule has 9 heteroatoms. The van der Waals surface area contributed by atoms with Crippen LogP contribution in [-0.2, 0) is 22.7 Å². The van der Waals surface area contributed by atoms with E-state index in [1.807, 2.05) is 20.8 Å². The van der Waals surface area contributed by atoms with E-state index in [1.54, 1.807) is 23.0 Å². The Morgan fingerprint density at radius 2 is 1.94 bits per heavy atom. The summed E-state index contributed by atoms with van der Waals surface area (Å²) in [6, 6.07) is 3.48. The van der Waals surface area contributed by atoms with Crippen LogP contribution in [0.4, 0.5) is 5.69 Å². The molecule has 0 saturated heterocycles. The standard InChI is InChI=1S/C23H28N4O5/c1-4-27-11-16(20(26-27)22(29)24-10-13-6-5-9-32-13)25-21(28)18-14-7-8-15(17(14)12(2)3)19(18)23(30)31/h5-6,9,11,14-15,18-19H,4,7-8,10H2,1-3H3,(H,24,29)(H,25,28)(H,30,31)/t14-,15-,18-,19+/m0/s1. The monoisotopic (exact) mass is 440 g/mol. The van der Waals surface area contributed by atoms with E-state index in [4.69, 9.17) is 4.42 Å². The lowest BCUT2D eigenvalue weighted by molar-refractivity contribution is -0.148. The molecule has 2 aliphatic carbocycles. The van der Waals surface area contributed by atoms with Crippen LogP contribution in [0.2, 0.25) is 0 Å². The zero-order chi connectivity index (χ0) is 23.0. The number of carboxylic acid groups (broad SMARTS) is 1. The average Bonchev–Trinajstić information content (AvgIpc) is 3.53. The van der Waals surface area contributed by atoms with Crippen LogP contribution in [-0.4, -0.2) is 32.7 Å². The molecule has 0 radical (unpaired) electrons. The average molecular weight is 441 g/mol. The third-order valence-electron chi connectivity index (χ3n) is 6.57.